The first kappa shape index (κ1) is 12.7. The first-order valence-electron chi connectivity index (χ1n) is 6.69. The summed E-state index contributed by atoms with van der Waals surface area (Å²) < 4.78 is 4.02. The molecule has 0 bridgehead atoms. The third kappa shape index (κ3) is 2.40. The Morgan fingerprint density at radius 2 is 2.00 bits per heavy atom. The number of fused-ring (bicyclic) bond motifs is 1. The number of aromatic nitrogens is 2. The molecule has 3 nitrogen and oxygen atoms in total. The van der Waals surface area contributed by atoms with E-state index >= 15 is 0 Å². The van der Waals surface area contributed by atoms with E-state index in [1.165, 1.54) is 5.69 Å². The van der Waals surface area contributed by atoms with Crippen molar-refractivity contribution in [2.24, 2.45) is 5.92 Å². The van der Waals surface area contributed by atoms with Crippen LogP contribution in [0.4, 0.5) is 0 Å². The molecule has 1 atom stereocenters. The van der Waals surface area contributed by atoms with Gasteiger partial charge in [-0.3, -0.25) is 4.68 Å². The van der Waals surface area contributed by atoms with Gasteiger partial charge in [0.1, 0.15) is 0 Å². The molecule has 100 valence electrons. The van der Waals surface area contributed by atoms with Crippen LogP contribution in [0.5, 0.6) is 0 Å². The van der Waals surface area contributed by atoms with Gasteiger partial charge in [0.05, 0.1) is 24.5 Å². The van der Waals surface area contributed by atoms with E-state index in [0.717, 1.165) is 24.3 Å². The van der Waals surface area contributed by atoms with Gasteiger partial charge < -0.3 is 0 Å². The summed E-state index contributed by atoms with van der Waals surface area (Å²) in [6.45, 7) is 6.02. The predicted octanol–water partition coefficient (Wildman–Crippen LogP) is 3.54. The second kappa shape index (κ2) is 4.99. The summed E-state index contributed by atoms with van der Waals surface area (Å²) in [5.74, 6) is 0.523. The van der Waals surface area contributed by atoms with Crippen LogP contribution in [0.1, 0.15) is 19.5 Å². The summed E-state index contributed by atoms with van der Waals surface area (Å²) in [6, 6.07) is 12.8. The molecule has 0 radical (unpaired) electrons. The minimum atomic E-state index is 0.345. The number of rotatable bonds is 2. The van der Waals surface area contributed by atoms with Crippen LogP contribution in [0.15, 0.2) is 36.4 Å². The molecule has 0 aliphatic carbocycles. The Hall–Kier alpha value is -1.32. The molecule has 1 aliphatic rings. The molecular formula is C15H18ClN3. The van der Waals surface area contributed by atoms with Gasteiger partial charge in [-0.05, 0) is 23.8 Å². The van der Waals surface area contributed by atoms with Crippen molar-refractivity contribution in [3.63, 3.8) is 0 Å². The van der Waals surface area contributed by atoms with Crippen molar-refractivity contribution < 1.29 is 0 Å². The van der Waals surface area contributed by atoms with E-state index < -0.39 is 0 Å². The lowest BCUT2D eigenvalue weighted by Gasteiger charge is -2.33. The van der Waals surface area contributed by atoms with Crippen LogP contribution in [0.25, 0.3) is 11.3 Å². The molecular weight excluding hydrogens is 258 g/mol. The molecule has 0 N–H and O–H groups in total. The van der Waals surface area contributed by atoms with Crippen LogP contribution >= 0.6 is 11.8 Å². The summed E-state index contributed by atoms with van der Waals surface area (Å²) in [4.78, 5) is 0. The second-order valence-corrected chi connectivity index (χ2v) is 5.87. The van der Waals surface area contributed by atoms with Crippen LogP contribution < -0.4 is 0 Å². The molecule has 0 unspecified atom stereocenters. The van der Waals surface area contributed by atoms with Gasteiger partial charge in [0, 0.05) is 11.6 Å². The van der Waals surface area contributed by atoms with Gasteiger partial charge in [-0.2, -0.15) is 5.10 Å². The van der Waals surface area contributed by atoms with Crippen LogP contribution in [0.2, 0.25) is 0 Å². The molecule has 0 amide bonds. The molecule has 19 heavy (non-hydrogen) atoms. The van der Waals surface area contributed by atoms with E-state index in [-0.39, 0.29) is 0 Å². The van der Waals surface area contributed by atoms with Crippen LogP contribution in [-0.4, -0.2) is 20.2 Å². The van der Waals surface area contributed by atoms with Gasteiger partial charge in [-0.1, -0.05) is 44.2 Å². The standard InChI is InChI=1S/C15H18ClN3/c1-11(2)15-10-19-13(9-18(15)16)8-14(17-19)12-6-4-3-5-7-12/h3-8,11,15H,9-10H2,1-2H3/t15-/m0/s1. The summed E-state index contributed by atoms with van der Waals surface area (Å²) >= 11 is 6.35. The number of hydrogen-bond donors (Lipinski definition) is 0. The van der Waals surface area contributed by atoms with Crippen LogP contribution in [0.3, 0.4) is 0 Å². The molecule has 0 saturated carbocycles. The molecule has 1 aliphatic heterocycles. The fourth-order valence-corrected chi connectivity index (χ4v) is 2.97. The zero-order chi connectivity index (χ0) is 13.4. The van der Waals surface area contributed by atoms with E-state index in [2.05, 4.69) is 36.7 Å². The first-order valence-corrected chi connectivity index (χ1v) is 7.03. The highest BCUT2D eigenvalue weighted by Crippen LogP contribution is 2.27. The average molecular weight is 276 g/mol. The second-order valence-electron chi connectivity index (χ2n) is 5.44. The van der Waals surface area contributed by atoms with Crippen molar-refractivity contribution in [3.8, 4) is 11.3 Å². The zero-order valence-electron chi connectivity index (χ0n) is 11.3. The highest BCUT2D eigenvalue weighted by molar-refractivity contribution is 6.13. The number of nitrogens with zero attached hydrogens (tertiary/aromatic N) is 3. The number of halogens is 1. The Bertz CT molecular complexity index is 562. The Morgan fingerprint density at radius 3 is 2.68 bits per heavy atom. The molecule has 2 heterocycles. The van der Waals surface area contributed by atoms with Crippen LogP contribution in [0, 0.1) is 5.92 Å². The van der Waals surface area contributed by atoms with Gasteiger partial charge >= 0.3 is 0 Å². The fourth-order valence-electron chi connectivity index (χ4n) is 2.56. The molecule has 3 rings (SSSR count). The smallest absolute Gasteiger partial charge is 0.0926 e. The summed E-state index contributed by atoms with van der Waals surface area (Å²) in [7, 11) is 0. The van der Waals surface area contributed by atoms with E-state index in [4.69, 9.17) is 16.9 Å². The molecule has 0 fully saturated rings. The molecule has 2 aromatic rings. The molecule has 4 heteroatoms. The summed E-state index contributed by atoms with van der Waals surface area (Å²) in [5.41, 5.74) is 3.38. The van der Waals surface area contributed by atoms with E-state index in [1.54, 1.807) is 0 Å². The summed E-state index contributed by atoms with van der Waals surface area (Å²) in [6.07, 6.45) is 0. The van der Waals surface area contributed by atoms with Crippen molar-refractivity contribution in [1.29, 1.82) is 0 Å². The van der Waals surface area contributed by atoms with Crippen molar-refractivity contribution in [2.45, 2.75) is 33.0 Å². The Morgan fingerprint density at radius 1 is 1.26 bits per heavy atom. The van der Waals surface area contributed by atoms with E-state index in [1.807, 2.05) is 22.6 Å². The van der Waals surface area contributed by atoms with Gasteiger partial charge in [0.25, 0.3) is 0 Å². The van der Waals surface area contributed by atoms with E-state index in [0.29, 0.717) is 12.0 Å². The van der Waals surface area contributed by atoms with Gasteiger partial charge in [0.2, 0.25) is 0 Å². The highest BCUT2D eigenvalue weighted by atomic mass is 35.5. The Balaban J connectivity index is 1.93. The Kier molecular flexibility index (Phi) is 3.33. The predicted molar refractivity (Wildman–Crippen MR) is 77.7 cm³/mol. The van der Waals surface area contributed by atoms with Gasteiger partial charge in [-0.25, -0.2) is 4.42 Å². The SMILES string of the molecule is CC(C)[C@@H]1Cn2nc(-c3ccccc3)cc2CN1Cl. The third-order valence-electron chi connectivity index (χ3n) is 3.74. The zero-order valence-corrected chi connectivity index (χ0v) is 12.0. The number of benzene rings is 1. The van der Waals surface area contributed by atoms with Gasteiger partial charge in [0.15, 0.2) is 0 Å². The normalized spacial score (nSPS) is 19.7. The average Bonchev–Trinajstić information content (AvgIpc) is 2.81. The van der Waals surface area contributed by atoms with Crippen molar-refractivity contribution in [2.75, 3.05) is 0 Å². The minimum Gasteiger partial charge on any atom is -0.266 e. The largest absolute Gasteiger partial charge is 0.266 e. The Labute approximate surface area is 118 Å². The van der Waals surface area contributed by atoms with Crippen molar-refractivity contribution in [3.05, 3.63) is 42.1 Å². The first-order chi connectivity index (χ1) is 9.15. The molecule has 0 saturated heterocycles. The van der Waals surface area contributed by atoms with Gasteiger partial charge in [-0.15, -0.1) is 0 Å². The summed E-state index contributed by atoms with van der Waals surface area (Å²) in [5, 5.41) is 4.72. The fraction of sp³-hybridized carbons (Fsp3) is 0.400. The molecule has 1 aromatic carbocycles. The maximum atomic E-state index is 6.35. The van der Waals surface area contributed by atoms with Crippen LogP contribution in [-0.2, 0) is 13.1 Å². The minimum absolute atomic E-state index is 0.345. The molecule has 1 aromatic heterocycles. The lowest BCUT2D eigenvalue weighted by atomic mass is 10.0. The van der Waals surface area contributed by atoms with E-state index in [9.17, 15) is 0 Å². The third-order valence-corrected chi connectivity index (χ3v) is 4.11. The quantitative estimate of drug-likeness (QED) is 0.782. The monoisotopic (exact) mass is 275 g/mol. The lowest BCUT2D eigenvalue weighted by Crippen LogP contribution is -2.40. The number of hydrogen-bond acceptors (Lipinski definition) is 2. The maximum absolute atomic E-state index is 6.35. The highest BCUT2D eigenvalue weighted by Gasteiger charge is 2.28. The maximum Gasteiger partial charge on any atom is 0.0926 e. The van der Waals surface area contributed by atoms with Crippen molar-refractivity contribution in [1.82, 2.24) is 14.2 Å². The van der Waals surface area contributed by atoms with Crippen molar-refractivity contribution >= 4 is 11.8 Å². The molecule has 0 spiro atoms. The lowest BCUT2D eigenvalue weighted by molar-refractivity contribution is 0.192. The topological polar surface area (TPSA) is 21.1 Å².